The van der Waals surface area contributed by atoms with Crippen molar-refractivity contribution in [3.05, 3.63) is 45.7 Å². The van der Waals surface area contributed by atoms with Crippen molar-refractivity contribution in [3.8, 4) is 0 Å². The van der Waals surface area contributed by atoms with Crippen LogP contribution in [0.5, 0.6) is 0 Å². The van der Waals surface area contributed by atoms with E-state index in [-0.39, 0.29) is 18.5 Å². The summed E-state index contributed by atoms with van der Waals surface area (Å²) in [6.07, 6.45) is 0. The van der Waals surface area contributed by atoms with Crippen molar-refractivity contribution in [2.45, 2.75) is 54.1 Å². The summed E-state index contributed by atoms with van der Waals surface area (Å²) in [7, 11) is 0. The molecule has 0 fully saturated rings. The summed E-state index contributed by atoms with van der Waals surface area (Å²) in [4.78, 5) is 14.8. The third kappa shape index (κ3) is 3.58. The van der Waals surface area contributed by atoms with E-state index in [4.69, 9.17) is 11.6 Å². The van der Waals surface area contributed by atoms with Gasteiger partial charge in [-0.25, -0.2) is 0 Å². The molecular weight excluding hydrogens is 310 g/mol. The molecule has 124 valence electrons. The highest BCUT2D eigenvalue weighted by Crippen LogP contribution is 2.25. The zero-order valence-corrected chi connectivity index (χ0v) is 15.4. The molecule has 5 heteroatoms. The van der Waals surface area contributed by atoms with Crippen LogP contribution in [0.1, 0.15) is 36.4 Å². The molecule has 4 nitrogen and oxygen atoms in total. The molecular formula is C18H24ClN3O. The van der Waals surface area contributed by atoms with Gasteiger partial charge < -0.3 is 4.90 Å². The SMILES string of the molecule is Cc1ccc(C)c(N(C(=O)Cn2nc(C)c(Cl)c2C)C(C)C)c1. The minimum Gasteiger partial charge on any atom is -0.308 e. The lowest BCUT2D eigenvalue weighted by Crippen LogP contribution is -2.40. The number of benzene rings is 1. The van der Waals surface area contributed by atoms with Crippen LogP contribution in [-0.4, -0.2) is 21.7 Å². The molecule has 1 heterocycles. The maximum Gasteiger partial charge on any atom is 0.248 e. The van der Waals surface area contributed by atoms with Crippen molar-refractivity contribution in [2.24, 2.45) is 0 Å². The summed E-state index contributed by atoms with van der Waals surface area (Å²) in [6, 6.07) is 6.23. The highest BCUT2D eigenvalue weighted by Gasteiger charge is 2.22. The van der Waals surface area contributed by atoms with E-state index in [1.807, 2.05) is 52.5 Å². The van der Waals surface area contributed by atoms with Crippen LogP contribution in [0, 0.1) is 27.7 Å². The maximum atomic E-state index is 12.9. The van der Waals surface area contributed by atoms with Gasteiger partial charge in [0.15, 0.2) is 0 Å². The standard InChI is InChI=1S/C18H24ClN3O/c1-11(2)22(16-9-12(3)7-8-13(16)4)17(23)10-21-15(6)18(19)14(5)20-21/h7-9,11H,10H2,1-6H3. The Hall–Kier alpha value is -1.81. The number of anilines is 1. The zero-order chi connectivity index (χ0) is 17.3. The summed E-state index contributed by atoms with van der Waals surface area (Å²) in [6.45, 7) is 12.0. The van der Waals surface area contributed by atoms with E-state index < -0.39 is 0 Å². The van der Waals surface area contributed by atoms with Gasteiger partial charge >= 0.3 is 0 Å². The fourth-order valence-electron chi connectivity index (χ4n) is 2.71. The number of hydrogen-bond donors (Lipinski definition) is 0. The smallest absolute Gasteiger partial charge is 0.248 e. The predicted octanol–water partition coefficient (Wildman–Crippen LogP) is 4.21. The van der Waals surface area contributed by atoms with Crippen molar-refractivity contribution in [2.75, 3.05) is 4.90 Å². The molecule has 0 aliphatic carbocycles. The van der Waals surface area contributed by atoms with Crippen LogP contribution in [0.2, 0.25) is 5.02 Å². The summed E-state index contributed by atoms with van der Waals surface area (Å²) >= 11 is 6.18. The lowest BCUT2D eigenvalue weighted by molar-refractivity contribution is -0.119. The molecule has 0 aliphatic rings. The van der Waals surface area contributed by atoms with E-state index in [1.54, 1.807) is 4.68 Å². The zero-order valence-electron chi connectivity index (χ0n) is 14.6. The highest BCUT2D eigenvalue weighted by molar-refractivity contribution is 6.31. The number of carbonyl (C=O) groups excluding carboxylic acids is 1. The molecule has 0 saturated carbocycles. The number of halogens is 1. The first-order valence-corrected chi connectivity index (χ1v) is 8.19. The summed E-state index contributed by atoms with van der Waals surface area (Å²) in [5.41, 5.74) is 4.75. The molecule has 0 aliphatic heterocycles. The minimum atomic E-state index is 0.0102. The van der Waals surface area contributed by atoms with Crippen LogP contribution >= 0.6 is 11.6 Å². The fraction of sp³-hybridized carbons (Fsp3) is 0.444. The van der Waals surface area contributed by atoms with E-state index in [2.05, 4.69) is 17.2 Å². The molecule has 1 amide bonds. The van der Waals surface area contributed by atoms with E-state index in [1.165, 1.54) is 0 Å². The average Bonchev–Trinajstić information content (AvgIpc) is 2.70. The van der Waals surface area contributed by atoms with Crippen LogP contribution in [0.3, 0.4) is 0 Å². The van der Waals surface area contributed by atoms with Crippen molar-refractivity contribution in [1.82, 2.24) is 9.78 Å². The number of nitrogens with zero attached hydrogens (tertiary/aromatic N) is 3. The van der Waals surface area contributed by atoms with Crippen LogP contribution < -0.4 is 4.90 Å². The first-order valence-electron chi connectivity index (χ1n) is 7.81. The lowest BCUT2D eigenvalue weighted by atomic mass is 10.1. The Morgan fingerprint density at radius 2 is 1.91 bits per heavy atom. The Kier molecular flexibility index (Phi) is 5.15. The fourth-order valence-corrected chi connectivity index (χ4v) is 2.85. The summed E-state index contributed by atoms with van der Waals surface area (Å²) in [5, 5.41) is 4.99. The van der Waals surface area contributed by atoms with Crippen molar-refractivity contribution >= 4 is 23.2 Å². The van der Waals surface area contributed by atoms with Crippen LogP contribution in [0.25, 0.3) is 0 Å². The van der Waals surface area contributed by atoms with Crippen LogP contribution in [0.15, 0.2) is 18.2 Å². The first-order chi connectivity index (χ1) is 10.7. The Labute approximate surface area is 143 Å². The van der Waals surface area contributed by atoms with Gasteiger partial charge in [-0.3, -0.25) is 9.48 Å². The van der Waals surface area contributed by atoms with Crippen molar-refractivity contribution in [1.29, 1.82) is 0 Å². The monoisotopic (exact) mass is 333 g/mol. The third-order valence-corrected chi connectivity index (χ3v) is 4.53. The van der Waals surface area contributed by atoms with Gasteiger partial charge in [0.25, 0.3) is 0 Å². The Morgan fingerprint density at radius 3 is 2.43 bits per heavy atom. The summed E-state index contributed by atoms with van der Waals surface area (Å²) < 4.78 is 1.68. The second-order valence-electron chi connectivity index (χ2n) is 6.29. The minimum absolute atomic E-state index is 0.0102. The molecule has 2 rings (SSSR count). The first kappa shape index (κ1) is 17.5. The van der Waals surface area contributed by atoms with E-state index in [9.17, 15) is 4.79 Å². The Morgan fingerprint density at radius 1 is 1.26 bits per heavy atom. The quantitative estimate of drug-likeness (QED) is 0.840. The Balaban J connectivity index is 2.36. The second-order valence-corrected chi connectivity index (χ2v) is 6.67. The number of carbonyl (C=O) groups is 1. The molecule has 2 aromatic rings. The van der Waals surface area contributed by atoms with E-state index in [0.29, 0.717) is 5.02 Å². The van der Waals surface area contributed by atoms with Gasteiger partial charge in [0.1, 0.15) is 6.54 Å². The molecule has 0 atom stereocenters. The van der Waals surface area contributed by atoms with Gasteiger partial charge in [-0.2, -0.15) is 5.10 Å². The summed E-state index contributed by atoms with van der Waals surface area (Å²) in [5.74, 6) is 0.0102. The molecule has 0 bridgehead atoms. The molecule has 0 N–H and O–H groups in total. The molecule has 0 unspecified atom stereocenters. The third-order valence-electron chi connectivity index (χ3n) is 3.99. The molecule has 0 saturated heterocycles. The number of rotatable bonds is 4. The van der Waals surface area contributed by atoms with Crippen LogP contribution in [0.4, 0.5) is 5.69 Å². The lowest BCUT2D eigenvalue weighted by Gasteiger charge is -2.29. The normalized spacial score (nSPS) is 11.1. The van der Waals surface area contributed by atoms with Crippen LogP contribution in [-0.2, 0) is 11.3 Å². The second kappa shape index (κ2) is 6.75. The van der Waals surface area contributed by atoms with Gasteiger partial charge in [0, 0.05) is 11.7 Å². The average molecular weight is 334 g/mol. The molecule has 0 radical (unpaired) electrons. The van der Waals surface area contributed by atoms with Gasteiger partial charge in [0.05, 0.1) is 16.4 Å². The van der Waals surface area contributed by atoms with Gasteiger partial charge in [-0.1, -0.05) is 23.7 Å². The topological polar surface area (TPSA) is 38.1 Å². The highest BCUT2D eigenvalue weighted by atomic mass is 35.5. The van der Waals surface area contributed by atoms with Crippen molar-refractivity contribution in [3.63, 3.8) is 0 Å². The number of aromatic nitrogens is 2. The number of hydrogen-bond acceptors (Lipinski definition) is 2. The van der Waals surface area contributed by atoms with Gasteiger partial charge in [-0.05, 0) is 58.7 Å². The maximum absolute atomic E-state index is 12.9. The molecule has 1 aromatic heterocycles. The van der Waals surface area contributed by atoms with Gasteiger partial charge in [-0.15, -0.1) is 0 Å². The number of aryl methyl sites for hydroxylation is 3. The number of amides is 1. The van der Waals surface area contributed by atoms with Gasteiger partial charge in [0.2, 0.25) is 5.91 Å². The van der Waals surface area contributed by atoms with E-state index in [0.717, 1.165) is 28.2 Å². The molecule has 1 aromatic carbocycles. The predicted molar refractivity (Wildman–Crippen MR) is 95.2 cm³/mol. The Bertz CT molecular complexity index is 734. The van der Waals surface area contributed by atoms with Crippen molar-refractivity contribution < 1.29 is 4.79 Å². The largest absolute Gasteiger partial charge is 0.308 e. The molecule has 0 spiro atoms. The molecule has 23 heavy (non-hydrogen) atoms. The van der Waals surface area contributed by atoms with E-state index >= 15 is 0 Å².